The molecule has 2 N–H and O–H groups in total. The number of ketones is 1. The van der Waals surface area contributed by atoms with Crippen molar-refractivity contribution in [3.63, 3.8) is 0 Å². The van der Waals surface area contributed by atoms with Gasteiger partial charge in [0.1, 0.15) is 0 Å². The van der Waals surface area contributed by atoms with Gasteiger partial charge in [0.2, 0.25) is 5.78 Å². The number of benzene rings is 1. The van der Waals surface area contributed by atoms with Crippen LogP contribution in [0.1, 0.15) is 29.8 Å². The zero-order valence-corrected chi connectivity index (χ0v) is 11.8. The second-order valence-electron chi connectivity index (χ2n) is 6.07. The molecule has 20 heavy (non-hydrogen) atoms. The van der Waals surface area contributed by atoms with E-state index in [-0.39, 0.29) is 17.7 Å². The molecule has 2 aliphatic carbocycles. The van der Waals surface area contributed by atoms with Gasteiger partial charge >= 0.3 is 0 Å². The fourth-order valence-corrected chi connectivity index (χ4v) is 4.26. The molecule has 2 fully saturated rings. The Morgan fingerprint density at radius 3 is 2.80 bits per heavy atom. The number of furan rings is 1. The van der Waals surface area contributed by atoms with Gasteiger partial charge in [0.15, 0.2) is 11.3 Å². The Balaban J connectivity index is 1.72. The molecule has 1 aromatic carbocycles. The monoisotopic (exact) mass is 289 g/mol. The van der Waals surface area contributed by atoms with E-state index < -0.39 is 0 Å². The summed E-state index contributed by atoms with van der Waals surface area (Å²) in [7, 11) is 0. The van der Waals surface area contributed by atoms with E-state index >= 15 is 0 Å². The van der Waals surface area contributed by atoms with Crippen molar-refractivity contribution in [1.82, 2.24) is 0 Å². The number of fused-ring (bicyclic) bond motifs is 3. The van der Waals surface area contributed by atoms with Gasteiger partial charge in [0.25, 0.3) is 0 Å². The molecule has 2 saturated carbocycles. The molecule has 2 aliphatic rings. The van der Waals surface area contributed by atoms with Gasteiger partial charge in [-0.3, -0.25) is 4.79 Å². The maximum absolute atomic E-state index is 12.7. The smallest absolute Gasteiger partial charge is 0.202 e. The first kappa shape index (κ1) is 12.4. The van der Waals surface area contributed by atoms with Crippen LogP contribution in [0.5, 0.6) is 0 Å². The molecule has 4 atom stereocenters. The lowest BCUT2D eigenvalue weighted by Crippen LogP contribution is -2.40. The number of carbonyl (C=O) groups is 1. The third-order valence-corrected chi connectivity index (χ3v) is 5.32. The summed E-state index contributed by atoms with van der Waals surface area (Å²) in [4.78, 5) is 12.7. The van der Waals surface area contributed by atoms with Crippen LogP contribution in [0.4, 0.5) is 0 Å². The van der Waals surface area contributed by atoms with E-state index in [0.717, 1.165) is 18.2 Å². The molecule has 2 aromatic rings. The summed E-state index contributed by atoms with van der Waals surface area (Å²) >= 11 is 6.10. The van der Waals surface area contributed by atoms with Gasteiger partial charge in [-0.05, 0) is 43.2 Å². The van der Waals surface area contributed by atoms with E-state index in [9.17, 15) is 4.79 Å². The highest BCUT2D eigenvalue weighted by atomic mass is 35.5. The Kier molecular flexibility index (Phi) is 2.69. The van der Waals surface area contributed by atoms with E-state index in [0.29, 0.717) is 28.2 Å². The molecule has 0 amide bonds. The Bertz CT molecular complexity index is 691. The Morgan fingerprint density at radius 2 is 2.10 bits per heavy atom. The summed E-state index contributed by atoms with van der Waals surface area (Å²) in [6.07, 6.45) is 3.38. The third kappa shape index (κ3) is 1.66. The molecular weight excluding hydrogens is 274 g/mol. The topological polar surface area (TPSA) is 56.2 Å². The summed E-state index contributed by atoms with van der Waals surface area (Å²) in [5.41, 5.74) is 6.83. The first-order chi connectivity index (χ1) is 9.65. The molecule has 4 rings (SSSR count). The Hall–Kier alpha value is -1.32. The van der Waals surface area contributed by atoms with Crippen LogP contribution >= 0.6 is 11.6 Å². The minimum absolute atomic E-state index is 0.00932. The highest BCUT2D eigenvalue weighted by Crippen LogP contribution is 2.48. The maximum atomic E-state index is 12.7. The summed E-state index contributed by atoms with van der Waals surface area (Å²) in [5.74, 6) is 1.33. The molecule has 0 aliphatic heterocycles. The normalized spacial score (nSPS) is 32.1. The van der Waals surface area contributed by atoms with Crippen molar-refractivity contribution >= 4 is 28.4 Å². The van der Waals surface area contributed by atoms with Crippen LogP contribution in [-0.4, -0.2) is 11.8 Å². The standard InChI is InChI=1S/C16H16ClNO2/c17-11-3-1-2-10-7-12(20-16(10)11)15(19)13-8-4-5-9(6-8)14(13)18/h1-3,7-9,13-14H,4-6,18H2. The second-order valence-corrected chi connectivity index (χ2v) is 6.48. The van der Waals surface area contributed by atoms with Gasteiger partial charge in [-0.2, -0.15) is 0 Å². The second kappa shape index (κ2) is 4.34. The number of halogens is 1. The zero-order valence-electron chi connectivity index (χ0n) is 11.0. The predicted octanol–water partition coefficient (Wildman–Crippen LogP) is 3.64. The van der Waals surface area contributed by atoms with E-state index in [4.69, 9.17) is 21.8 Å². The minimum atomic E-state index is -0.0758. The average molecular weight is 290 g/mol. The number of hydrogen-bond acceptors (Lipinski definition) is 3. The molecule has 1 heterocycles. The quantitative estimate of drug-likeness (QED) is 0.859. The fraction of sp³-hybridized carbons (Fsp3) is 0.438. The van der Waals surface area contributed by atoms with Crippen molar-refractivity contribution < 1.29 is 9.21 Å². The Morgan fingerprint density at radius 1 is 1.30 bits per heavy atom. The fourth-order valence-electron chi connectivity index (χ4n) is 4.04. The van der Waals surface area contributed by atoms with Gasteiger partial charge < -0.3 is 10.2 Å². The van der Waals surface area contributed by atoms with Crippen LogP contribution < -0.4 is 5.73 Å². The van der Waals surface area contributed by atoms with Gasteiger partial charge in [-0.15, -0.1) is 0 Å². The van der Waals surface area contributed by atoms with Crippen molar-refractivity contribution in [3.05, 3.63) is 35.0 Å². The molecule has 104 valence electrons. The van der Waals surface area contributed by atoms with Gasteiger partial charge in [0.05, 0.1) is 5.02 Å². The summed E-state index contributed by atoms with van der Waals surface area (Å²) in [5, 5.41) is 1.41. The number of nitrogens with two attached hydrogens (primary N) is 1. The lowest BCUT2D eigenvalue weighted by molar-refractivity contribution is 0.0829. The SMILES string of the molecule is NC1C2CCC(C2)C1C(=O)c1cc2cccc(Cl)c2o1. The zero-order chi connectivity index (χ0) is 13.9. The Labute approximate surface area is 122 Å². The lowest BCUT2D eigenvalue weighted by Gasteiger charge is -2.25. The third-order valence-electron chi connectivity index (χ3n) is 5.02. The number of hydrogen-bond donors (Lipinski definition) is 1. The van der Waals surface area contributed by atoms with Crippen molar-refractivity contribution in [2.75, 3.05) is 0 Å². The van der Waals surface area contributed by atoms with Gasteiger partial charge in [0, 0.05) is 17.3 Å². The van der Waals surface area contributed by atoms with Crippen molar-refractivity contribution in [1.29, 1.82) is 0 Å². The van der Waals surface area contributed by atoms with Gasteiger partial charge in [-0.25, -0.2) is 0 Å². The summed E-state index contributed by atoms with van der Waals surface area (Å²) < 4.78 is 5.69. The minimum Gasteiger partial charge on any atom is -0.451 e. The van der Waals surface area contributed by atoms with E-state index in [2.05, 4.69) is 0 Å². The first-order valence-electron chi connectivity index (χ1n) is 7.13. The van der Waals surface area contributed by atoms with Crippen molar-refractivity contribution in [2.45, 2.75) is 25.3 Å². The summed E-state index contributed by atoms with van der Waals surface area (Å²) in [6.45, 7) is 0. The number of Topliss-reactive ketones (excluding diaryl/α,β-unsaturated/α-hetero) is 1. The maximum Gasteiger partial charge on any atom is 0.202 e. The van der Waals surface area contributed by atoms with Crippen molar-refractivity contribution in [3.8, 4) is 0 Å². The molecule has 2 bridgehead atoms. The highest BCUT2D eigenvalue weighted by molar-refractivity contribution is 6.34. The largest absolute Gasteiger partial charge is 0.451 e. The molecule has 4 unspecified atom stereocenters. The van der Waals surface area contributed by atoms with Crippen LogP contribution in [0.2, 0.25) is 5.02 Å². The van der Waals surface area contributed by atoms with E-state index in [1.165, 1.54) is 6.42 Å². The van der Waals surface area contributed by atoms with E-state index in [1.54, 1.807) is 12.1 Å². The predicted molar refractivity (Wildman–Crippen MR) is 77.9 cm³/mol. The average Bonchev–Trinajstić information content (AvgIpc) is 3.11. The number of carbonyl (C=O) groups excluding carboxylic acids is 1. The van der Waals surface area contributed by atoms with Crippen LogP contribution in [0.15, 0.2) is 28.7 Å². The first-order valence-corrected chi connectivity index (χ1v) is 7.51. The molecule has 0 saturated heterocycles. The molecule has 4 heteroatoms. The van der Waals surface area contributed by atoms with Crippen LogP contribution in [0.3, 0.4) is 0 Å². The molecule has 1 aromatic heterocycles. The molecular formula is C16H16ClNO2. The van der Waals surface area contributed by atoms with Crippen LogP contribution in [0, 0.1) is 17.8 Å². The summed E-state index contributed by atoms with van der Waals surface area (Å²) in [6, 6.07) is 7.32. The molecule has 3 nitrogen and oxygen atoms in total. The van der Waals surface area contributed by atoms with Crippen LogP contribution in [-0.2, 0) is 0 Å². The van der Waals surface area contributed by atoms with Gasteiger partial charge in [-0.1, -0.05) is 23.7 Å². The highest BCUT2D eigenvalue weighted by Gasteiger charge is 2.49. The number of rotatable bonds is 2. The van der Waals surface area contributed by atoms with Crippen LogP contribution in [0.25, 0.3) is 11.0 Å². The molecule has 0 radical (unpaired) electrons. The number of para-hydroxylation sites is 1. The lowest BCUT2D eigenvalue weighted by atomic mass is 9.81. The molecule has 0 spiro atoms. The van der Waals surface area contributed by atoms with Crippen molar-refractivity contribution in [2.24, 2.45) is 23.5 Å². The van der Waals surface area contributed by atoms with E-state index in [1.807, 2.05) is 12.1 Å².